The maximum absolute atomic E-state index is 12.2. The Balaban J connectivity index is 2.25. The molecule has 1 unspecified atom stereocenters. The van der Waals surface area contributed by atoms with E-state index in [-0.39, 0.29) is 42.1 Å². The molecular formula is C29H43N3O8. The Morgan fingerprint density at radius 1 is 1.20 bits per heavy atom. The van der Waals surface area contributed by atoms with E-state index in [9.17, 15) is 15.0 Å². The van der Waals surface area contributed by atoms with Crippen LogP contribution in [0.15, 0.2) is 35.5 Å². The average Bonchev–Trinajstić information content (AvgIpc) is 3.21. The Bertz CT molecular complexity index is 1070. The highest BCUT2D eigenvalue weighted by atomic mass is 16.8. The van der Waals surface area contributed by atoms with Crippen LogP contribution in [0.1, 0.15) is 69.8 Å². The summed E-state index contributed by atoms with van der Waals surface area (Å²) in [5.74, 6) is -1.28. The maximum Gasteiger partial charge on any atom is 0.340 e. The lowest BCUT2D eigenvalue weighted by atomic mass is 9.94. The predicted octanol–water partition coefficient (Wildman–Crippen LogP) is 5.97. The normalized spacial score (nSPS) is 20.8. The van der Waals surface area contributed by atoms with E-state index in [1.54, 1.807) is 19.1 Å². The summed E-state index contributed by atoms with van der Waals surface area (Å²) in [6.45, 7) is 10.1. The molecule has 1 heterocycles. The Hall–Kier alpha value is -3.08. The number of ether oxygens (including phenoxy) is 5. The highest BCUT2D eigenvalue weighted by molar-refractivity contribution is 5.95. The van der Waals surface area contributed by atoms with Crippen molar-refractivity contribution in [2.75, 3.05) is 27.1 Å². The molecule has 1 aliphatic heterocycles. The van der Waals surface area contributed by atoms with Crippen LogP contribution in [0.5, 0.6) is 11.5 Å². The molecule has 1 aromatic rings. The SMILES string of the molecule is COCOc1cc(OCCCCN=[N+]=[N-])cc(/C=C/C[C@@H]2OC(C)(C)O[C@@H]2C(C)/C=C\[C@@H](C)[C@H](C)O)c1C(=O)O. The van der Waals surface area contributed by atoms with E-state index in [0.29, 0.717) is 43.7 Å². The summed E-state index contributed by atoms with van der Waals surface area (Å²) in [5.41, 5.74) is 8.80. The Morgan fingerprint density at radius 2 is 1.95 bits per heavy atom. The Kier molecular flexibility index (Phi) is 13.5. The van der Waals surface area contributed by atoms with Gasteiger partial charge in [0, 0.05) is 30.6 Å². The summed E-state index contributed by atoms with van der Waals surface area (Å²) >= 11 is 0. The molecule has 0 spiro atoms. The minimum absolute atomic E-state index is 0.00658. The summed E-state index contributed by atoms with van der Waals surface area (Å²) in [4.78, 5) is 14.9. The van der Waals surface area contributed by atoms with Crippen LogP contribution in [0.4, 0.5) is 0 Å². The molecule has 11 nitrogen and oxygen atoms in total. The topological polar surface area (TPSA) is 152 Å². The van der Waals surface area contributed by atoms with E-state index in [0.717, 1.165) is 0 Å². The zero-order valence-electron chi connectivity index (χ0n) is 24.3. The van der Waals surface area contributed by atoms with Gasteiger partial charge in [-0.25, -0.2) is 4.79 Å². The summed E-state index contributed by atoms with van der Waals surface area (Å²) in [6.07, 6.45) is 8.49. The molecule has 11 heteroatoms. The van der Waals surface area contributed by atoms with Crippen molar-refractivity contribution < 1.29 is 38.7 Å². The second-order valence-electron chi connectivity index (χ2n) is 10.4. The molecule has 5 atom stereocenters. The number of carbonyl (C=O) groups is 1. The first-order valence-electron chi connectivity index (χ1n) is 13.5. The van der Waals surface area contributed by atoms with Crippen molar-refractivity contribution in [1.29, 1.82) is 0 Å². The van der Waals surface area contributed by atoms with Crippen LogP contribution in [0, 0.1) is 11.8 Å². The third-order valence-corrected chi connectivity index (χ3v) is 6.52. The number of carboxylic acids is 1. The number of aliphatic hydroxyl groups excluding tert-OH is 1. The molecule has 2 rings (SSSR count). The zero-order valence-corrected chi connectivity index (χ0v) is 24.3. The average molecular weight is 562 g/mol. The highest BCUT2D eigenvalue weighted by Gasteiger charge is 2.42. The van der Waals surface area contributed by atoms with Crippen LogP contribution in [-0.2, 0) is 14.2 Å². The molecule has 2 N–H and O–H groups in total. The zero-order chi connectivity index (χ0) is 29.7. The van der Waals surface area contributed by atoms with Gasteiger partial charge < -0.3 is 33.9 Å². The standard InChI is InChI=1S/C29H43N3O8/c1-19(21(3)33)12-13-20(2)27-24(39-29(4,5)40-27)11-9-10-22-16-23(37-15-8-7-14-31-32-30)17-25(38-18-36-6)26(22)28(34)35/h9-10,12-13,16-17,19-21,24,27,33H,7-8,11,14-15,18H2,1-6H3,(H,34,35)/b10-9+,13-12-/t19-,20?,21+,24+,27-/m1/s1. The lowest BCUT2D eigenvalue weighted by molar-refractivity contribution is -0.148. The second kappa shape index (κ2) is 16.2. The molecule has 0 saturated carbocycles. The van der Waals surface area contributed by atoms with Gasteiger partial charge in [-0.3, -0.25) is 0 Å². The molecule has 0 bridgehead atoms. The van der Waals surface area contributed by atoms with E-state index >= 15 is 0 Å². The van der Waals surface area contributed by atoms with Gasteiger partial charge >= 0.3 is 5.97 Å². The first-order chi connectivity index (χ1) is 19.0. The molecule has 1 fully saturated rings. The van der Waals surface area contributed by atoms with E-state index in [1.807, 2.05) is 45.9 Å². The first-order valence-corrected chi connectivity index (χ1v) is 13.5. The molecule has 0 amide bonds. The number of hydrogen-bond donors (Lipinski definition) is 2. The van der Waals surface area contributed by atoms with E-state index in [2.05, 4.69) is 10.0 Å². The van der Waals surface area contributed by atoms with Crippen molar-refractivity contribution in [2.24, 2.45) is 17.0 Å². The van der Waals surface area contributed by atoms with Crippen LogP contribution in [0.25, 0.3) is 16.5 Å². The van der Waals surface area contributed by atoms with Crippen molar-refractivity contribution in [3.63, 3.8) is 0 Å². The van der Waals surface area contributed by atoms with Crippen LogP contribution >= 0.6 is 0 Å². The fraction of sp³-hybridized carbons (Fsp3) is 0.621. The number of aliphatic hydroxyl groups is 1. The summed E-state index contributed by atoms with van der Waals surface area (Å²) in [6, 6.07) is 3.19. The van der Waals surface area contributed by atoms with Gasteiger partial charge in [0.15, 0.2) is 12.6 Å². The minimum atomic E-state index is -1.14. The van der Waals surface area contributed by atoms with Gasteiger partial charge in [-0.15, -0.1) is 0 Å². The predicted molar refractivity (Wildman–Crippen MR) is 151 cm³/mol. The van der Waals surface area contributed by atoms with E-state index in [1.165, 1.54) is 13.2 Å². The number of aromatic carboxylic acids is 1. The lowest BCUT2D eigenvalue weighted by Crippen LogP contribution is -2.28. The van der Waals surface area contributed by atoms with Crippen molar-refractivity contribution in [3.8, 4) is 11.5 Å². The molecule has 1 saturated heterocycles. The minimum Gasteiger partial charge on any atom is -0.493 e. The van der Waals surface area contributed by atoms with Gasteiger partial charge in [0.05, 0.1) is 24.9 Å². The number of benzene rings is 1. The number of unbranched alkanes of at least 4 members (excludes halogenated alkanes) is 1. The van der Waals surface area contributed by atoms with Crippen molar-refractivity contribution in [3.05, 3.63) is 51.9 Å². The van der Waals surface area contributed by atoms with E-state index < -0.39 is 17.9 Å². The molecule has 0 aromatic heterocycles. The fourth-order valence-electron chi connectivity index (χ4n) is 4.25. The van der Waals surface area contributed by atoms with Crippen molar-refractivity contribution in [1.82, 2.24) is 0 Å². The molecule has 0 aliphatic carbocycles. The van der Waals surface area contributed by atoms with Gasteiger partial charge in [-0.2, -0.15) is 0 Å². The van der Waals surface area contributed by atoms with Crippen molar-refractivity contribution in [2.45, 2.75) is 78.0 Å². The Morgan fingerprint density at radius 3 is 2.60 bits per heavy atom. The molecule has 222 valence electrons. The van der Waals surface area contributed by atoms with Gasteiger partial charge in [0.1, 0.15) is 17.1 Å². The Labute approximate surface area is 236 Å². The molecule has 1 aliphatic rings. The van der Waals surface area contributed by atoms with Crippen LogP contribution in [-0.4, -0.2) is 67.3 Å². The number of nitrogens with zero attached hydrogens (tertiary/aromatic N) is 3. The number of azide groups is 1. The summed E-state index contributed by atoms with van der Waals surface area (Å²) in [7, 11) is 1.45. The summed E-state index contributed by atoms with van der Waals surface area (Å²) in [5, 5.41) is 23.3. The molecular weight excluding hydrogens is 518 g/mol. The van der Waals surface area contributed by atoms with Crippen LogP contribution < -0.4 is 9.47 Å². The molecule has 40 heavy (non-hydrogen) atoms. The van der Waals surface area contributed by atoms with Gasteiger partial charge in [0.2, 0.25) is 0 Å². The van der Waals surface area contributed by atoms with Gasteiger partial charge in [0.25, 0.3) is 0 Å². The first kappa shape index (κ1) is 33.1. The number of methoxy groups -OCH3 is 1. The van der Waals surface area contributed by atoms with Crippen molar-refractivity contribution >= 4 is 12.0 Å². The third kappa shape index (κ3) is 10.5. The maximum atomic E-state index is 12.2. The number of rotatable bonds is 17. The van der Waals surface area contributed by atoms with Crippen LogP contribution in [0.2, 0.25) is 0 Å². The van der Waals surface area contributed by atoms with Gasteiger partial charge in [-0.1, -0.05) is 43.3 Å². The third-order valence-electron chi connectivity index (χ3n) is 6.52. The number of hydrogen-bond acceptors (Lipinski definition) is 8. The summed E-state index contributed by atoms with van der Waals surface area (Å²) < 4.78 is 28.8. The fourth-order valence-corrected chi connectivity index (χ4v) is 4.25. The second-order valence-corrected chi connectivity index (χ2v) is 10.4. The van der Waals surface area contributed by atoms with Crippen LogP contribution in [0.3, 0.4) is 0 Å². The smallest absolute Gasteiger partial charge is 0.340 e. The monoisotopic (exact) mass is 561 g/mol. The van der Waals surface area contributed by atoms with Gasteiger partial charge in [-0.05, 0) is 63.1 Å². The lowest BCUT2D eigenvalue weighted by Gasteiger charge is -2.21. The highest BCUT2D eigenvalue weighted by Crippen LogP contribution is 2.35. The van der Waals surface area contributed by atoms with E-state index in [4.69, 9.17) is 29.2 Å². The number of carboxylic acid groups (broad SMARTS) is 1. The molecule has 1 aromatic carbocycles. The quantitative estimate of drug-likeness (QED) is 0.0589. The molecule has 0 radical (unpaired) electrons. The largest absolute Gasteiger partial charge is 0.493 e.